The summed E-state index contributed by atoms with van der Waals surface area (Å²) in [5, 5.41) is 1.05. The summed E-state index contributed by atoms with van der Waals surface area (Å²) in [6.07, 6.45) is 0.998. The number of fused-ring (bicyclic) bond motifs is 1. The molecule has 0 aliphatic heterocycles. The molecule has 8 heteroatoms. The van der Waals surface area contributed by atoms with E-state index in [2.05, 4.69) is 4.72 Å². The fraction of sp³-hybridized carbons (Fsp3) is 0.0909. The van der Waals surface area contributed by atoms with Gasteiger partial charge < -0.3 is 0 Å². The first kappa shape index (κ1) is 13.8. The van der Waals surface area contributed by atoms with Crippen LogP contribution in [0.25, 0.3) is 10.8 Å². The lowest BCUT2D eigenvalue weighted by Crippen LogP contribution is -2.10. The lowest BCUT2D eigenvalue weighted by atomic mass is 10.1. The Morgan fingerprint density at radius 1 is 1.05 bits per heavy atom. The number of nitrogens with one attached hydrogen (secondary N) is 1. The molecule has 0 aliphatic carbocycles. The molecule has 2 aromatic carbocycles. The van der Waals surface area contributed by atoms with Crippen molar-refractivity contribution in [3.63, 3.8) is 0 Å². The Morgan fingerprint density at radius 2 is 1.74 bits per heavy atom. The highest BCUT2D eigenvalue weighted by molar-refractivity contribution is 7.92. The molecule has 0 fully saturated rings. The summed E-state index contributed by atoms with van der Waals surface area (Å²) < 4.78 is 56.0. The molecule has 2 aromatic rings. The molecule has 0 saturated heterocycles. The number of hydrogen-bond donors (Lipinski definition) is 2. The van der Waals surface area contributed by atoms with Crippen molar-refractivity contribution in [2.24, 2.45) is 0 Å². The topological polar surface area (TPSA) is 101 Å². The highest BCUT2D eigenvalue weighted by Crippen LogP contribution is 2.26. The molecular weight excluding hydrogens is 290 g/mol. The van der Waals surface area contributed by atoms with Crippen LogP contribution in [0.1, 0.15) is 0 Å². The van der Waals surface area contributed by atoms with Crippen LogP contribution in [0.15, 0.2) is 41.3 Å². The van der Waals surface area contributed by atoms with E-state index in [1.807, 2.05) is 0 Å². The van der Waals surface area contributed by atoms with Gasteiger partial charge in [0.1, 0.15) is 0 Å². The van der Waals surface area contributed by atoms with E-state index in [1.165, 1.54) is 24.3 Å². The quantitative estimate of drug-likeness (QED) is 0.836. The Balaban J connectivity index is 2.72. The maximum atomic E-state index is 11.2. The van der Waals surface area contributed by atoms with Crippen molar-refractivity contribution in [3.8, 4) is 0 Å². The Kier molecular flexibility index (Phi) is 3.25. The Labute approximate surface area is 110 Å². The van der Waals surface area contributed by atoms with E-state index in [4.69, 9.17) is 4.55 Å². The van der Waals surface area contributed by atoms with Crippen LogP contribution < -0.4 is 4.72 Å². The van der Waals surface area contributed by atoms with E-state index in [0.29, 0.717) is 10.8 Å². The molecule has 0 aliphatic rings. The van der Waals surface area contributed by atoms with Crippen molar-refractivity contribution < 1.29 is 21.4 Å². The van der Waals surface area contributed by atoms with Gasteiger partial charge in [-0.1, -0.05) is 18.2 Å². The first-order valence-electron chi connectivity index (χ1n) is 5.15. The van der Waals surface area contributed by atoms with Gasteiger partial charge in [0.2, 0.25) is 10.0 Å². The van der Waals surface area contributed by atoms with Crippen molar-refractivity contribution in [1.29, 1.82) is 0 Å². The maximum absolute atomic E-state index is 11.2. The van der Waals surface area contributed by atoms with Crippen LogP contribution in [0.3, 0.4) is 0 Å². The average Bonchev–Trinajstić information content (AvgIpc) is 2.25. The van der Waals surface area contributed by atoms with Crippen molar-refractivity contribution >= 4 is 36.6 Å². The number of rotatable bonds is 3. The summed E-state index contributed by atoms with van der Waals surface area (Å²) in [6.45, 7) is 0. The van der Waals surface area contributed by atoms with Gasteiger partial charge in [-0.25, -0.2) is 8.42 Å². The molecule has 0 bridgehead atoms. The van der Waals surface area contributed by atoms with E-state index in [9.17, 15) is 16.8 Å². The summed E-state index contributed by atoms with van der Waals surface area (Å²) in [4.78, 5) is -0.289. The van der Waals surface area contributed by atoms with Gasteiger partial charge in [-0.3, -0.25) is 9.27 Å². The zero-order chi connectivity index (χ0) is 14.3. The van der Waals surface area contributed by atoms with Crippen LogP contribution >= 0.6 is 0 Å². The summed E-state index contributed by atoms with van der Waals surface area (Å²) >= 11 is 0. The molecule has 0 unspecified atom stereocenters. The zero-order valence-corrected chi connectivity index (χ0v) is 11.5. The second kappa shape index (κ2) is 4.48. The SMILES string of the molecule is CS(=O)(=O)Nc1cccc2ccc(S(=O)(=O)O)cc12. The second-order valence-electron chi connectivity index (χ2n) is 4.04. The molecule has 0 spiro atoms. The predicted molar refractivity (Wildman–Crippen MR) is 72.2 cm³/mol. The minimum atomic E-state index is -4.33. The van der Waals surface area contributed by atoms with Crippen LogP contribution in [-0.2, 0) is 20.1 Å². The van der Waals surface area contributed by atoms with E-state index < -0.39 is 20.1 Å². The van der Waals surface area contributed by atoms with Gasteiger partial charge in [-0.2, -0.15) is 8.42 Å². The summed E-state index contributed by atoms with van der Waals surface area (Å²) in [7, 11) is -7.81. The highest BCUT2D eigenvalue weighted by atomic mass is 32.2. The summed E-state index contributed by atoms with van der Waals surface area (Å²) in [5.74, 6) is 0. The molecule has 2 rings (SSSR count). The zero-order valence-electron chi connectivity index (χ0n) is 9.86. The molecule has 6 nitrogen and oxygen atoms in total. The highest BCUT2D eigenvalue weighted by Gasteiger charge is 2.12. The van der Waals surface area contributed by atoms with E-state index in [0.717, 1.165) is 6.26 Å². The van der Waals surface area contributed by atoms with Gasteiger partial charge in [0.05, 0.1) is 16.8 Å². The monoisotopic (exact) mass is 301 g/mol. The number of sulfonamides is 1. The van der Waals surface area contributed by atoms with Gasteiger partial charge in [0.25, 0.3) is 10.1 Å². The largest absolute Gasteiger partial charge is 0.294 e. The van der Waals surface area contributed by atoms with Gasteiger partial charge in [0.15, 0.2) is 0 Å². The third-order valence-corrected chi connectivity index (χ3v) is 3.89. The van der Waals surface area contributed by atoms with Crippen molar-refractivity contribution in [2.75, 3.05) is 11.0 Å². The molecule has 0 aromatic heterocycles. The maximum Gasteiger partial charge on any atom is 0.294 e. The van der Waals surface area contributed by atoms with Gasteiger partial charge in [-0.05, 0) is 23.6 Å². The van der Waals surface area contributed by atoms with E-state index >= 15 is 0 Å². The van der Waals surface area contributed by atoms with Crippen molar-refractivity contribution in [3.05, 3.63) is 36.4 Å². The third-order valence-electron chi connectivity index (χ3n) is 2.45. The Morgan fingerprint density at radius 3 is 2.32 bits per heavy atom. The molecule has 0 saturated carbocycles. The van der Waals surface area contributed by atoms with Crippen molar-refractivity contribution in [2.45, 2.75) is 4.90 Å². The van der Waals surface area contributed by atoms with Crippen LogP contribution in [0.5, 0.6) is 0 Å². The molecule has 0 atom stereocenters. The Bertz CT molecular complexity index is 841. The van der Waals surface area contributed by atoms with Crippen molar-refractivity contribution in [1.82, 2.24) is 0 Å². The van der Waals surface area contributed by atoms with E-state index in [1.54, 1.807) is 12.1 Å². The standard InChI is InChI=1S/C11H11NO5S2/c1-18(13,14)12-11-4-2-3-8-5-6-9(7-10(8)11)19(15,16)17/h2-7,12H,1H3,(H,15,16,17). The van der Waals surface area contributed by atoms with Crippen LogP contribution in [0.2, 0.25) is 0 Å². The number of anilines is 1. The number of benzene rings is 2. The molecule has 0 heterocycles. The van der Waals surface area contributed by atoms with Crippen LogP contribution in [0.4, 0.5) is 5.69 Å². The molecule has 0 amide bonds. The summed E-state index contributed by atoms with van der Waals surface area (Å²) in [5.41, 5.74) is 0.255. The second-order valence-corrected chi connectivity index (χ2v) is 7.21. The van der Waals surface area contributed by atoms with Gasteiger partial charge in [0, 0.05) is 5.39 Å². The van der Waals surface area contributed by atoms with E-state index in [-0.39, 0.29) is 10.6 Å². The first-order chi connectivity index (χ1) is 8.67. The van der Waals surface area contributed by atoms with Gasteiger partial charge >= 0.3 is 0 Å². The number of hydrogen-bond acceptors (Lipinski definition) is 4. The summed E-state index contributed by atoms with van der Waals surface area (Å²) in [6, 6.07) is 8.82. The Hall–Kier alpha value is -1.64. The lowest BCUT2D eigenvalue weighted by molar-refractivity contribution is 0.483. The minimum absolute atomic E-state index is 0.255. The van der Waals surface area contributed by atoms with Gasteiger partial charge in [-0.15, -0.1) is 0 Å². The predicted octanol–water partition coefficient (Wildman–Crippen LogP) is 1.46. The molecule has 102 valence electrons. The molecular formula is C11H11NO5S2. The fourth-order valence-electron chi connectivity index (χ4n) is 1.70. The minimum Gasteiger partial charge on any atom is -0.283 e. The molecule has 19 heavy (non-hydrogen) atoms. The third kappa shape index (κ3) is 3.22. The van der Waals surface area contributed by atoms with Crippen LogP contribution in [0, 0.1) is 0 Å². The lowest BCUT2D eigenvalue weighted by Gasteiger charge is -2.08. The average molecular weight is 301 g/mol. The molecule has 0 radical (unpaired) electrons. The normalized spacial score (nSPS) is 12.5. The fourth-order valence-corrected chi connectivity index (χ4v) is 2.79. The smallest absolute Gasteiger partial charge is 0.283 e. The first-order valence-corrected chi connectivity index (χ1v) is 8.48. The van der Waals surface area contributed by atoms with Crippen LogP contribution in [-0.4, -0.2) is 27.6 Å². The molecule has 2 N–H and O–H groups in total.